The summed E-state index contributed by atoms with van der Waals surface area (Å²) in [7, 11) is 0. The van der Waals surface area contributed by atoms with Crippen LogP contribution in [0.4, 0.5) is 0 Å². The van der Waals surface area contributed by atoms with Crippen LogP contribution in [0.25, 0.3) is 0 Å². The predicted octanol–water partition coefficient (Wildman–Crippen LogP) is 2.11. The second-order valence-electron chi connectivity index (χ2n) is 2.96. The second-order valence-corrected chi connectivity index (χ2v) is 2.96. The van der Waals surface area contributed by atoms with Gasteiger partial charge in [0.25, 0.3) is 0 Å². The van der Waals surface area contributed by atoms with Crippen molar-refractivity contribution in [2.75, 3.05) is 6.54 Å². The van der Waals surface area contributed by atoms with Crippen LogP contribution in [-0.4, -0.2) is 12.5 Å². The van der Waals surface area contributed by atoms with Crippen molar-refractivity contribution in [1.29, 1.82) is 0 Å². The minimum absolute atomic E-state index is 0. The summed E-state index contributed by atoms with van der Waals surface area (Å²) in [6.45, 7) is 2.41. The number of rotatable bonds is 5. The first kappa shape index (κ1) is 13.9. The number of benzene rings is 1. The fraction of sp³-hybridized carbons (Fsp3) is 0.364. The molecule has 0 heterocycles. The molecular formula is C11H16ClNO2. The van der Waals surface area contributed by atoms with Gasteiger partial charge in [-0.1, -0.05) is 37.3 Å². The van der Waals surface area contributed by atoms with Crippen LogP contribution < -0.4 is 5.48 Å². The van der Waals surface area contributed by atoms with Gasteiger partial charge in [0.2, 0.25) is 0 Å². The Morgan fingerprint density at radius 1 is 1.33 bits per heavy atom. The van der Waals surface area contributed by atoms with Crippen LogP contribution in [-0.2, 0) is 16.1 Å². The maximum absolute atomic E-state index is 10.7. The Morgan fingerprint density at radius 2 is 2.00 bits per heavy atom. The van der Waals surface area contributed by atoms with E-state index in [2.05, 4.69) is 5.48 Å². The minimum atomic E-state index is -0.224. The molecule has 0 atom stereocenters. The molecular weight excluding hydrogens is 214 g/mol. The summed E-state index contributed by atoms with van der Waals surface area (Å²) in [5.41, 5.74) is 3.86. The molecule has 3 nitrogen and oxygen atoms in total. The number of nitrogens with one attached hydrogen (secondary N) is 1. The van der Waals surface area contributed by atoms with Gasteiger partial charge in [0, 0.05) is 13.0 Å². The molecule has 0 saturated carbocycles. The second kappa shape index (κ2) is 8.26. The van der Waals surface area contributed by atoms with E-state index in [0.717, 1.165) is 6.42 Å². The molecule has 84 valence electrons. The van der Waals surface area contributed by atoms with Gasteiger partial charge >= 0.3 is 5.97 Å². The van der Waals surface area contributed by atoms with E-state index in [9.17, 15) is 4.79 Å². The minimum Gasteiger partial charge on any atom is -0.371 e. The zero-order chi connectivity index (χ0) is 10.2. The Bertz CT molecular complexity index is 277. The number of carbonyl (C=O) groups excluding carboxylic acids is 1. The van der Waals surface area contributed by atoms with Crippen molar-refractivity contribution >= 4 is 18.4 Å². The summed E-state index contributed by atoms with van der Waals surface area (Å²) >= 11 is 0. The number of hydroxylamine groups is 1. The lowest BCUT2D eigenvalue weighted by molar-refractivity contribution is -0.150. The van der Waals surface area contributed by atoms with Crippen LogP contribution in [0.2, 0.25) is 0 Å². The SMILES string of the molecule is CCC(=O)ONCCc1ccccc1.Cl. The van der Waals surface area contributed by atoms with Crippen molar-refractivity contribution < 1.29 is 9.63 Å². The normalized spacial score (nSPS) is 9.13. The van der Waals surface area contributed by atoms with Crippen LogP contribution in [0.1, 0.15) is 18.9 Å². The van der Waals surface area contributed by atoms with E-state index >= 15 is 0 Å². The van der Waals surface area contributed by atoms with Crippen LogP contribution in [0.3, 0.4) is 0 Å². The highest BCUT2D eigenvalue weighted by Crippen LogP contribution is 1.97. The maximum Gasteiger partial charge on any atom is 0.324 e. The van der Waals surface area contributed by atoms with Crippen molar-refractivity contribution in [3.63, 3.8) is 0 Å². The molecule has 15 heavy (non-hydrogen) atoms. The molecule has 4 heteroatoms. The van der Waals surface area contributed by atoms with E-state index < -0.39 is 0 Å². The molecule has 1 aromatic rings. The lowest BCUT2D eigenvalue weighted by Crippen LogP contribution is -2.21. The molecule has 0 spiro atoms. The third-order valence-electron chi connectivity index (χ3n) is 1.83. The molecule has 0 radical (unpaired) electrons. The first-order valence-corrected chi connectivity index (χ1v) is 4.79. The fourth-order valence-corrected chi connectivity index (χ4v) is 1.04. The lowest BCUT2D eigenvalue weighted by Gasteiger charge is -2.04. The molecule has 0 fully saturated rings. The highest BCUT2D eigenvalue weighted by atomic mass is 35.5. The van der Waals surface area contributed by atoms with Gasteiger partial charge in [-0.15, -0.1) is 12.4 Å². The molecule has 0 saturated heterocycles. The van der Waals surface area contributed by atoms with E-state index in [0.29, 0.717) is 13.0 Å². The summed E-state index contributed by atoms with van der Waals surface area (Å²) in [5.74, 6) is -0.224. The zero-order valence-corrected chi connectivity index (χ0v) is 9.55. The van der Waals surface area contributed by atoms with Crippen LogP contribution in [0.15, 0.2) is 30.3 Å². The smallest absolute Gasteiger partial charge is 0.324 e. The standard InChI is InChI=1S/C11H15NO2.ClH/c1-2-11(13)14-12-9-8-10-6-4-3-5-7-10;/h3-7,12H,2,8-9H2,1H3;1H. The summed E-state index contributed by atoms with van der Waals surface area (Å²) < 4.78 is 0. The third kappa shape index (κ3) is 6.10. The summed E-state index contributed by atoms with van der Waals surface area (Å²) in [6, 6.07) is 10.1. The molecule has 0 aromatic heterocycles. The van der Waals surface area contributed by atoms with Crippen molar-refractivity contribution in [2.24, 2.45) is 0 Å². The van der Waals surface area contributed by atoms with Crippen molar-refractivity contribution in [2.45, 2.75) is 19.8 Å². The monoisotopic (exact) mass is 229 g/mol. The van der Waals surface area contributed by atoms with E-state index in [4.69, 9.17) is 4.84 Å². The third-order valence-corrected chi connectivity index (χ3v) is 1.83. The van der Waals surface area contributed by atoms with E-state index in [-0.39, 0.29) is 18.4 Å². The van der Waals surface area contributed by atoms with E-state index in [1.54, 1.807) is 6.92 Å². The first-order chi connectivity index (χ1) is 6.83. The average Bonchev–Trinajstić information content (AvgIpc) is 2.25. The summed E-state index contributed by atoms with van der Waals surface area (Å²) in [5, 5.41) is 0. The lowest BCUT2D eigenvalue weighted by atomic mass is 10.2. The molecule has 0 aliphatic rings. The van der Waals surface area contributed by atoms with Crippen molar-refractivity contribution in [3.8, 4) is 0 Å². The average molecular weight is 230 g/mol. The molecule has 0 unspecified atom stereocenters. The van der Waals surface area contributed by atoms with Gasteiger partial charge in [-0.2, -0.15) is 5.48 Å². The molecule has 0 aliphatic heterocycles. The van der Waals surface area contributed by atoms with Crippen LogP contribution >= 0.6 is 12.4 Å². The highest BCUT2D eigenvalue weighted by molar-refractivity contribution is 5.85. The number of hydrogen-bond acceptors (Lipinski definition) is 3. The van der Waals surface area contributed by atoms with E-state index in [1.165, 1.54) is 5.56 Å². The van der Waals surface area contributed by atoms with Gasteiger partial charge in [0.1, 0.15) is 0 Å². The number of hydrogen-bond donors (Lipinski definition) is 1. The van der Waals surface area contributed by atoms with Crippen LogP contribution in [0.5, 0.6) is 0 Å². The Balaban J connectivity index is 0.00000196. The number of carbonyl (C=O) groups is 1. The number of halogens is 1. The molecule has 0 aliphatic carbocycles. The van der Waals surface area contributed by atoms with Gasteiger partial charge in [-0.05, 0) is 12.0 Å². The van der Waals surface area contributed by atoms with Crippen molar-refractivity contribution in [1.82, 2.24) is 5.48 Å². The van der Waals surface area contributed by atoms with Gasteiger partial charge in [-0.3, -0.25) is 4.79 Å². The van der Waals surface area contributed by atoms with Crippen molar-refractivity contribution in [3.05, 3.63) is 35.9 Å². The van der Waals surface area contributed by atoms with Gasteiger partial charge in [0.05, 0.1) is 0 Å². The van der Waals surface area contributed by atoms with Gasteiger partial charge in [-0.25, -0.2) is 0 Å². The highest BCUT2D eigenvalue weighted by Gasteiger charge is 1.97. The fourth-order valence-electron chi connectivity index (χ4n) is 1.04. The summed E-state index contributed by atoms with van der Waals surface area (Å²) in [6.07, 6.45) is 1.26. The van der Waals surface area contributed by atoms with E-state index in [1.807, 2.05) is 30.3 Å². The Kier molecular flexibility index (Phi) is 7.68. The van der Waals surface area contributed by atoms with Gasteiger partial charge < -0.3 is 4.84 Å². The maximum atomic E-state index is 10.7. The topological polar surface area (TPSA) is 38.3 Å². The quantitative estimate of drug-likeness (QED) is 0.621. The molecule has 0 amide bonds. The predicted molar refractivity (Wildman–Crippen MR) is 61.8 cm³/mol. The molecule has 1 rings (SSSR count). The zero-order valence-electron chi connectivity index (χ0n) is 8.73. The Morgan fingerprint density at radius 3 is 2.60 bits per heavy atom. The Labute approximate surface area is 96.2 Å². The van der Waals surface area contributed by atoms with Gasteiger partial charge in [0.15, 0.2) is 0 Å². The Hall–Kier alpha value is -1.06. The molecule has 0 bridgehead atoms. The first-order valence-electron chi connectivity index (χ1n) is 4.79. The molecule has 1 N–H and O–H groups in total. The summed E-state index contributed by atoms with van der Waals surface area (Å²) in [4.78, 5) is 15.5. The van der Waals surface area contributed by atoms with Crippen LogP contribution in [0, 0.1) is 0 Å². The largest absolute Gasteiger partial charge is 0.371 e. The molecule has 1 aromatic carbocycles.